The highest BCUT2D eigenvalue weighted by molar-refractivity contribution is 7.09. The maximum absolute atomic E-state index is 11.7. The average molecular weight is 261 g/mol. The van der Waals surface area contributed by atoms with Crippen LogP contribution in [0.15, 0.2) is 41.8 Å². The summed E-state index contributed by atoms with van der Waals surface area (Å²) in [6.45, 7) is 0. The average Bonchev–Trinajstić information content (AvgIpc) is 2.85. The molecular weight excluding hydrogens is 246 g/mol. The number of para-hydroxylation sites is 2. The highest BCUT2D eigenvalue weighted by Crippen LogP contribution is 2.21. The lowest BCUT2D eigenvalue weighted by atomic mass is 10.2. The molecule has 0 aliphatic heterocycles. The number of thiophene rings is 1. The summed E-state index contributed by atoms with van der Waals surface area (Å²) in [5, 5.41) is 14.3. The van der Waals surface area contributed by atoms with Crippen molar-refractivity contribution in [3.8, 4) is 5.75 Å². The van der Waals surface area contributed by atoms with Crippen molar-refractivity contribution in [3.63, 3.8) is 0 Å². The molecule has 1 heterocycles. The molecule has 0 aliphatic rings. The van der Waals surface area contributed by atoms with E-state index in [0.717, 1.165) is 12.8 Å². The molecule has 0 unspecified atom stereocenters. The standard InChI is InChI=1S/C14H15NO2S/c16-13-8-2-1-7-12(13)15-14(17)9-3-5-11-6-4-10-18-11/h1-2,4,6-8,10,16H,3,5,9H2,(H,15,17). The summed E-state index contributed by atoms with van der Waals surface area (Å²) in [5.74, 6) is 0.0390. The second-order valence-corrected chi connectivity index (χ2v) is 5.03. The third kappa shape index (κ3) is 3.60. The Hall–Kier alpha value is -1.81. The molecule has 1 aromatic carbocycles. The van der Waals surface area contributed by atoms with Crippen molar-refractivity contribution in [1.82, 2.24) is 0 Å². The van der Waals surface area contributed by atoms with Crippen LogP contribution in [0.25, 0.3) is 0 Å². The van der Waals surface area contributed by atoms with Gasteiger partial charge in [0, 0.05) is 11.3 Å². The zero-order chi connectivity index (χ0) is 12.8. The van der Waals surface area contributed by atoms with Crippen molar-refractivity contribution < 1.29 is 9.90 Å². The minimum atomic E-state index is -0.0620. The van der Waals surface area contributed by atoms with Crippen molar-refractivity contribution in [2.24, 2.45) is 0 Å². The molecule has 18 heavy (non-hydrogen) atoms. The molecule has 2 aromatic rings. The van der Waals surface area contributed by atoms with Crippen LogP contribution in [0.1, 0.15) is 17.7 Å². The molecule has 0 spiro atoms. The first-order chi connectivity index (χ1) is 8.75. The van der Waals surface area contributed by atoms with E-state index in [0.29, 0.717) is 12.1 Å². The van der Waals surface area contributed by atoms with Crippen molar-refractivity contribution in [2.75, 3.05) is 5.32 Å². The van der Waals surface area contributed by atoms with E-state index >= 15 is 0 Å². The van der Waals surface area contributed by atoms with Gasteiger partial charge in [-0.15, -0.1) is 11.3 Å². The summed E-state index contributed by atoms with van der Waals surface area (Å²) in [6, 6.07) is 10.8. The first kappa shape index (κ1) is 12.6. The number of phenols is 1. The largest absolute Gasteiger partial charge is 0.506 e. The molecule has 0 saturated heterocycles. The van der Waals surface area contributed by atoms with E-state index in [1.54, 1.807) is 35.6 Å². The van der Waals surface area contributed by atoms with E-state index < -0.39 is 0 Å². The van der Waals surface area contributed by atoms with Crippen LogP contribution in [0.5, 0.6) is 5.75 Å². The van der Waals surface area contributed by atoms with Crippen LogP contribution < -0.4 is 5.32 Å². The summed E-state index contributed by atoms with van der Waals surface area (Å²) < 4.78 is 0. The van der Waals surface area contributed by atoms with Crippen LogP contribution in [0.4, 0.5) is 5.69 Å². The van der Waals surface area contributed by atoms with E-state index in [4.69, 9.17) is 0 Å². The maximum Gasteiger partial charge on any atom is 0.224 e. The number of hydrogen-bond donors (Lipinski definition) is 2. The van der Waals surface area contributed by atoms with Crippen LogP contribution in [0.3, 0.4) is 0 Å². The number of phenolic OH excluding ortho intramolecular Hbond substituents is 1. The minimum absolute atomic E-state index is 0.0620. The first-order valence-electron chi connectivity index (χ1n) is 5.86. The van der Waals surface area contributed by atoms with E-state index in [1.807, 2.05) is 11.4 Å². The number of nitrogens with one attached hydrogen (secondary N) is 1. The normalized spacial score (nSPS) is 10.2. The lowest BCUT2D eigenvalue weighted by Gasteiger charge is -2.06. The Labute approximate surface area is 110 Å². The molecule has 94 valence electrons. The number of amides is 1. The van der Waals surface area contributed by atoms with E-state index in [1.165, 1.54) is 4.88 Å². The Morgan fingerprint density at radius 3 is 2.78 bits per heavy atom. The summed E-state index contributed by atoms with van der Waals surface area (Å²) >= 11 is 1.71. The predicted molar refractivity (Wildman–Crippen MR) is 74.0 cm³/mol. The van der Waals surface area contributed by atoms with Crippen LogP contribution in [0, 0.1) is 0 Å². The molecule has 0 aliphatic carbocycles. The van der Waals surface area contributed by atoms with Crippen molar-refractivity contribution in [2.45, 2.75) is 19.3 Å². The zero-order valence-corrected chi connectivity index (χ0v) is 10.7. The van der Waals surface area contributed by atoms with Gasteiger partial charge in [0.1, 0.15) is 5.75 Å². The second kappa shape index (κ2) is 6.21. The van der Waals surface area contributed by atoms with Gasteiger partial charge in [0.2, 0.25) is 5.91 Å². The molecule has 4 heteroatoms. The molecule has 1 amide bonds. The summed E-state index contributed by atoms with van der Waals surface area (Å²) in [6.07, 6.45) is 2.21. The molecule has 0 saturated carbocycles. The van der Waals surface area contributed by atoms with Crippen LogP contribution >= 0.6 is 11.3 Å². The van der Waals surface area contributed by atoms with Crippen molar-refractivity contribution in [3.05, 3.63) is 46.7 Å². The third-order valence-corrected chi connectivity index (χ3v) is 3.52. The summed E-state index contributed by atoms with van der Waals surface area (Å²) in [4.78, 5) is 13.0. The van der Waals surface area contributed by atoms with Crippen molar-refractivity contribution in [1.29, 1.82) is 0 Å². The fourth-order valence-corrected chi connectivity index (χ4v) is 2.42. The van der Waals surface area contributed by atoms with Crippen LogP contribution in [0.2, 0.25) is 0 Å². The number of anilines is 1. The molecule has 1 aromatic heterocycles. The highest BCUT2D eigenvalue weighted by Gasteiger charge is 2.05. The number of aryl methyl sites for hydroxylation is 1. The van der Waals surface area contributed by atoms with Gasteiger partial charge in [-0.2, -0.15) is 0 Å². The lowest BCUT2D eigenvalue weighted by Crippen LogP contribution is -2.11. The molecule has 0 radical (unpaired) electrons. The van der Waals surface area contributed by atoms with Gasteiger partial charge in [0.15, 0.2) is 0 Å². The number of hydrogen-bond acceptors (Lipinski definition) is 3. The Balaban J connectivity index is 1.77. The Kier molecular flexibility index (Phi) is 4.36. The SMILES string of the molecule is O=C(CCCc1cccs1)Nc1ccccc1O. The van der Waals surface area contributed by atoms with Gasteiger partial charge < -0.3 is 10.4 Å². The molecule has 0 bridgehead atoms. The Morgan fingerprint density at radius 2 is 2.06 bits per heavy atom. The van der Waals surface area contributed by atoms with E-state index in [9.17, 15) is 9.90 Å². The van der Waals surface area contributed by atoms with Gasteiger partial charge in [0.25, 0.3) is 0 Å². The molecular formula is C14H15NO2S. The van der Waals surface area contributed by atoms with Gasteiger partial charge in [-0.25, -0.2) is 0 Å². The zero-order valence-electron chi connectivity index (χ0n) is 9.93. The number of rotatable bonds is 5. The van der Waals surface area contributed by atoms with Crippen LogP contribution in [-0.2, 0) is 11.2 Å². The molecule has 2 rings (SSSR count). The molecule has 0 fully saturated rings. The van der Waals surface area contributed by atoms with Gasteiger partial charge in [-0.3, -0.25) is 4.79 Å². The number of carbonyl (C=O) groups is 1. The number of benzene rings is 1. The molecule has 2 N–H and O–H groups in total. The lowest BCUT2D eigenvalue weighted by molar-refractivity contribution is -0.116. The molecule has 3 nitrogen and oxygen atoms in total. The fourth-order valence-electron chi connectivity index (χ4n) is 1.67. The number of carbonyl (C=O) groups excluding carboxylic acids is 1. The maximum atomic E-state index is 11.7. The minimum Gasteiger partial charge on any atom is -0.506 e. The molecule has 0 atom stereocenters. The van der Waals surface area contributed by atoms with E-state index in [2.05, 4.69) is 11.4 Å². The first-order valence-corrected chi connectivity index (χ1v) is 6.74. The van der Waals surface area contributed by atoms with Crippen molar-refractivity contribution >= 4 is 22.9 Å². The van der Waals surface area contributed by atoms with Gasteiger partial charge in [-0.1, -0.05) is 18.2 Å². The quantitative estimate of drug-likeness (QED) is 0.810. The Morgan fingerprint density at radius 1 is 1.22 bits per heavy atom. The topological polar surface area (TPSA) is 49.3 Å². The van der Waals surface area contributed by atoms with Crippen LogP contribution in [-0.4, -0.2) is 11.0 Å². The smallest absolute Gasteiger partial charge is 0.224 e. The van der Waals surface area contributed by atoms with E-state index in [-0.39, 0.29) is 11.7 Å². The monoisotopic (exact) mass is 261 g/mol. The highest BCUT2D eigenvalue weighted by atomic mass is 32.1. The van der Waals surface area contributed by atoms with Gasteiger partial charge >= 0.3 is 0 Å². The number of aromatic hydroxyl groups is 1. The Bertz CT molecular complexity index is 508. The third-order valence-electron chi connectivity index (χ3n) is 2.59. The summed E-state index contributed by atoms with van der Waals surface area (Å²) in [7, 11) is 0. The fraction of sp³-hybridized carbons (Fsp3) is 0.214. The van der Waals surface area contributed by atoms with Gasteiger partial charge in [0.05, 0.1) is 5.69 Å². The summed E-state index contributed by atoms with van der Waals surface area (Å²) in [5.41, 5.74) is 0.471. The predicted octanol–water partition coefficient (Wildman–Crippen LogP) is 3.42. The van der Waals surface area contributed by atoms with Gasteiger partial charge in [-0.05, 0) is 36.4 Å². The second-order valence-electron chi connectivity index (χ2n) is 4.00.